The Morgan fingerprint density at radius 2 is 1.34 bits per heavy atom. The summed E-state index contributed by atoms with van der Waals surface area (Å²) in [6.07, 6.45) is 30.6. The number of amides is 1. The summed E-state index contributed by atoms with van der Waals surface area (Å²) in [6.45, 7) is 6.44. The first-order chi connectivity index (χ1) is 14.0. The van der Waals surface area contributed by atoms with Crippen LogP contribution in [0.15, 0.2) is 60.8 Å². The molecule has 0 aliphatic carbocycles. The second-order valence-electron chi connectivity index (χ2n) is 7.77. The maximum Gasteiger partial charge on any atom is 0.243 e. The smallest absolute Gasteiger partial charge is 0.243 e. The van der Waals surface area contributed by atoms with Crippen LogP contribution < -0.4 is 5.32 Å². The average Bonchev–Trinajstić information content (AvgIpc) is 2.69. The number of unbranched alkanes of at least 4 members (excludes halogenated alkanes) is 6. The number of hydrogen-bond acceptors (Lipinski definition) is 2. The number of hydrogen-bond donors (Lipinski definition) is 2. The van der Waals surface area contributed by atoms with E-state index in [-0.39, 0.29) is 5.91 Å². The largest absolute Gasteiger partial charge is 0.388 e. The van der Waals surface area contributed by atoms with E-state index in [9.17, 15) is 9.90 Å². The molecular formula is C26H43NO2. The molecule has 1 atom stereocenters. The van der Waals surface area contributed by atoms with E-state index in [4.69, 9.17) is 0 Å². The third-order valence-electron chi connectivity index (χ3n) is 4.53. The summed E-state index contributed by atoms with van der Waals surface area (Å²) in [6, 6.07) is 0. The first-order valence-electron chi connectivity index (χ1n) is 11.3. The Labute approximate surface area is 179 Å². The van der Waals surface area contributed by atoms with E-state index < -0.39 is 5.60 Å². The topological polar surface area (TPSA) is 49.3 Å². The van der Waals surface area contributed by atoms with E-state index in [1.165, 1.54) is 19.3 Å². The zero-order chi connectivity index (χ0) is 21.6. The Kier molecular flexibility index (Phi) is 18.2. The molecule has 164 valence electrons. The van der Waals surface area contributed by atoms with Crippen molar-refractivity contribution in [2.45, 2.75) is 90.6 Å². The van der Waals surface area contributed by atoms with Gasteiger partial charge >= 0.3 is 0 Å². The molecular weight excluding hydrogens is 358 g/mol. The molecule has 29 heavy (non-hydrogen) atoms. The monoisotopic (exact) mass is 401 g/mol. The summed E-state index contributed by atoms with van der Waals surface area (Å²) in [5.74, 6) is -0.141. The van der Waals surface area contributed by atoms with Crippen LogP contribution in [0.5, 0.6) is 0 Å². The number of nitrogens with one attached hydrogen (secondary N) is 1. The molecule has 0 heterocycles. The van der Waals surface area contributed by atoms with Crippen molar-refractivity contribution in [1.29, 1.82) is 0 Å². The molecule has 0 radical (unpaired) electrons. The summed E-state index contributed by atoms with van der Waals surface area (Å²) in [7, 11) is 0. The lowest BCUT2D eigenvalue weighted by atomic mass is 9.98. The van der Waals surface area contributed by atoms with E-state index in [0.29, 0.717) is 13.0 Å². The van der Waals surface area contributed by atoms with Crippen LogP contribution in [0, 0.1) is 0 Å². The fraction of sp³-hybridized carbons (Fsp3) is 0.577. The van der Waals surface area contributed by atoms with Gasteiger partial charge in [0, 0.05) is 6.54 Å². The van der Waals surface area contributed by atoms with E-state index >= 15 is 0 Å². The Hall–Kier alpha value is -1.87. The first-order valence-corrected chi connectivity index (χ1v) is 11.3. The highest BCUT2D eigenvalue weighted by Crippen LogP contribution is 2.13. The molecule has 0 aliphatic heterocycles. The highest BCUT2D eigenvalue weighted by molar-refractivity contribution is 5.87. The van der Waals surface area contributed by atoms with Crippen molar-refractivity contribution in [2.24, 2.45) is 0 Å². The van der Waals surface area contributed by atoms with Gasteiger partial charge in [0.05, 0.1) is 5.60 Å². The average molecular weight is 402 g/mol. The SMILES string of the molecule is CCCCCC=CC=CC=CC=CCCC=CC(=O)NCC(C)(O)CCCCC. The predicted molar refractivity (Wildman–Crippen MR) is 127 cm³/mol. The van der Waals surface area contributed by atoms with Gasteiger partial charge in [0.15, 0.2) is 0 Å². The molecule has 0 bridgehead atoms. The predicted octanol–water partition coefficient (Wildman–Crippen LogP) is 6.58. The molecule has 0 aromatic carbocycles. The second kappa shape index (κ2) is 19.4. The molecule has 0 rings (SSSR count). The Morgan fingerprint density at radius 3 is 2.00 bits per heavy atom. The molecule has 3 nitrogen and oxygen atoms in total. The lowest BCUT2D eigenvalue weighted by molar-refractivity contribution is -0.117. The molecule has 0 saturated carbocycles. The van der Waals surface area contributed by atoms with Crippen molar-refractivity contribution in [1.82, 2.24) is 5.32 Å². The summed E-state index contributed by atoms with van der Waals surface area (Å²) < 4.78 is 0. The third-order valence-corrected chi connectivity index (χ3v) is 4.53. The van der Waals surface area contributed by atoms with Crippen molar-refractivity contribution >= 4 is 5.91 Å². The zero-order valence-corrected chi connectivity index (χ0v) is 18.9. The fourth-order valence-electron chi connectivity index (χ4n) is 2.68. The summed E-state index contributed by atoms with van der Waals surface area (Å²) in [4.78, 5) is 11.8. The van der Waals surface area contributed by atoms with Crippen LogP contribution in [0.4, 0.5) is 0 Å². The van der Waals surface area contributed by atoms with Crippen molar-refractivity contribution < 1.29 is 9.90 Å². The Balaban J connectivity index is 3.81. The van der Waals surface area contributed by atoms with Gasteiger partial charge in [-0.15, -0.1) is 0 Å². The molecule has 3 heteroatoms. The third kappa shape index (κ3) is 20.7. The van der Waals surface area contributed by atoms with Gasteiger partial charge in [-0.25, -0.2) is 0 Å². The van der Waals surface area contributed by atoms with Gasteiger partial charge in [0.2, 0.25) is 5.91 Å². The minimum absolute atomic E-state index is 0.141. The van der Waals surface area contributed by atoms with Gasteiger partial charge in [0.1, 0.15) is 0 Å². The highest BCUT2D eigenvalue weighted by atomic mass is 16.3. The zero-order valence-electron chi connectivity index (χ0n) is 18.9. The standard InChI is InChI=1S/C26H43NO2/c1-4-6-8-9-10-11-12-13-14-15-16-17-18-19-20-22-25(28)27-24-26(3,29)23-21-7-5-2/h10-17,20,22,29H,4-9,18-19,21,23-24H2,1-3H3,(H,27,28). The molecule has 0 aromatic heterocycles. The number of aliphatic hydroxyl groups is 1. The van der Waals surface area contributed by atoms with Crippen LogP contribution in [0.3, 0.4) is 0 Å². The van der Waals surface area contributed by atoms with Crippen LogP contribution in [0.2, 0.25) is 0 Å². The van der Waals surface area contributed by atoms with Gasteiger partial charge in [-0.3, -0.25) is 4.79 Å². The van der Waals surface area contributed by atoms with Crippen molar-refractivity contribution in [3.05, 3.63) is 60.8 Å². The number of carbonyl (C=O) groups is 1. The van der Waals surface area contributed by atoms with Crippen molar-refractivity contribution in [2.75, 3.05) is 6.54 Å². The quantitative estimate of drug-likeness (QED) is 0.164. The van der Waals surface area contributed by atoms with Crippen LogP contribution in [0.25, 0.3) is 0 Å². The summed E-state index contributed by atoms with van der Waals surface area (Å²) in [5, 5.41) is 13.0. The maximum absolute atomic E-state index is 11.8. The molecule has 1 unspecified atom stereocenters. The summed E-state index contributed by atoms with van der Waals surface area (Å²) in [5.41, 5.74) is -0.826. The molecule has 2 N–H and O–H groups in total. The number of carbonyl (C=O) groups excluding carboxylic acids is 1. The van der Waals surface area contributed by atoms with Gasteiger partial charge < -0.3 is 10.4 Å². The minimum Gasteiger partial charge on any atom is -0.388 e. The molecule has 0 saturated heterocycles. The normalized spacial score (nSPS) is 14.8. The minimum atomic E-state index is -0.826. The van der Waals surface area contributed by atoms with Crippen LogP contribution in [-0.4, -0.2) is 23.2 Å². The number of rotatable bonds is 17. The van der Waals surface area contributed by atoms with Crippen LogP contribution >= 0.6 is 0 Å². The summed E-state index contributed by atoms with van der Waals surface area (Å²) >= 11 is 0. The van der Waals surface area contributed by atoms with Crippen LogP contribution in [0.1, 0.15) is 85.0 Å². The van der Waals surface area contributed by atoms with Crippen LogP contribution in [-0.2, 0) is 4.79 Å². The van der Waals surface area contributed by atoms with Gasteiger partial charge in [0.25, 0.3) is 0 Å². The highest BCUT2D eigenvalue weighted by Gasteiger charge is 2.19. The molecule has 1 amide bonds. The lowest BCUT2D eigenvalue weighted by Gasteiger charge is -2.23. The molecule has 0 aliphatic rings. The van der Waals surface area contributed by atoms with E-state index in [2.05, 4.69) is 43.5 Å². The van der Waals surface area contributed by atoms with Gasteiger partial charge in [-0.2, -0.15) is 0 Å². The fourth-order valence-corrected chi connectivity index (χ4v) is 2.68. The second-order valence-corrected chi connectivity index (χ2v) is 7.77. The van der Waals surface area contributed by atoms with Crippen molar-refractivity contribution in [3.63, 3.8) is 0 Å². The molecule has 0 fully saturated rings. The lowest BCUT2D eigenvalue weighted by Crippen LogP contribution is -2.40. The van der Waals surface area contributed by atoms with E-state index in [0.717, 1.165) is 38.5 Å². The first kappa shape index (κ1) is 27.1. The van der Waals surface area contributed by atoms with E-state index in [1.807, 2.05) is 30.4 Å². The molecule has 0 spiro atoms. The maximum atomic E-state index is 11.8. The van der Waals surface area contributed by atoms with Gasteiger partial charge in [-0.05, 0) is 45.1 Å². The van der Waals surface area contributed by atoms with E-state index in [1.54, 1.807) is 13.0 Å². The Bertz CT molecular complexity index is 539. The van der Waals surface area contributed by atoms with Gasteiger partial charge in [-0.1, -0.05) is 101 Å². The Morgan fingerprint density at radius 1 is 0.793 bits per heavy atom. The molecule has 0 aromatic rings. The number of allylic oxidation sites excluding steroid dienone is 9. The van der Waals surface area contributed by atoms with Crippen molar-refractivity contribution in [3.8, 4) is 0 Å².